The van der Waals surface area contributed by atoms with Crippen LogP contribution in [0.2, 0.25) is 5.02 Å². The normalized spacial score (nSPS) is 12.7. The molecule has 3 rings (SSSR count). The Morgan fingerprint density at radius 2 is 1.89 bits per heavy atom. The van der Waals surface area contributed by atoms with E-state index in [1.807, 2.05) is 6.92 Å². The predicted molar refractivity (Wildman–Crippen MR) is 109 cm³/mol. The maximum absolute atomic E-state index is 12.7. The number of hydrogen-bond donors (Lipinski definition) is 3. The number of benzene rings is 2. The predicted octanol–water partition coefficient (Wildman–Crippen LogP) is 3.81. The summed E-state index contributed by atoms with van der Waals surface area (Å²) in [6.45, 7) is 1.85. The van der Waals surface area contributed by atoms with Crippen molar-refractivity contribution in [2.24, 2.45) is 0 Å². The van der Waals surface area contributed by atoms with Gasteiger partial charge in [0.25, 0.3) is 11.8 Å². The molecule has 0 atom stereocenters. The first-order chi connectivity index (χ1) is 12.4. The Balaban J connectivity index is 0.00000261. The summed E-state index contributed by atoms with van der Waals surface area (Å²) in [4.78, 5) is 24.9. The number of methoxy groups -OCH3 is 1. The molecule has 0 bridgehead atoms. The second-order valence-electron chi connectivity index (χ2n) is 6.31. The Labute approximate surface area is 168 Å². The highest BCUT2D eigenvalue weighted by molar-refractivity contribution is 6.33. The minimum atomic E-state index is -0.397. The van der Waals surface area contributed by atoms with Crippen molar-refractivity contribution in [3.05, 3.63) is 52.0 Å². The number of nitrogens with one attached hydrogen (secondary N) is 2. The molecule has 0 unspecified atom stereocenters. The van der Waals surface area contributed by atoms with E-state index in [9.17, 15) is 9.59 Å². The molecule has 0 radical (unpaired) electrons. The first-order valence-electron chi connectivity index (χ1n) is 8.25. The fourth-order valence-electron chi connectivity index (χ4n) is 2.50. The van der Waals surface area contributed by atoms with E-state index in [4.69, 9.17) is 22.1 Å². The summed E-state index contributed by atoms with van der Waals surface area (Å²) in [6.07, 6.45) is 2.03. The largest absolute Gasteiger partial charge is 0.496 e. The minimum Gasteiger partial charge on any atom is -0.496 e. The summed E-state index contributed by atoms with van der Waals surface area (Å²) >= 11 is 6.03. The van der Waals surface area contributed by atoms with Crippen LogP contribution >= 0.6 is 24.0 Å². The average molecular weight is 410 g/mol. The minimum absolute atomic E-state index is 0. The number of ether oxygens (including phenoxy) is 1. The van der Waals surface area contributed by atoms with Crippen LogP contribution in [0.4, 0.5) is 11.4 Å². The second-order valence-corrected chi connectivity index (χ2v) is 6.71. The summed E-state index contributed by atoms with van der Waals surface area (Å²) in [5, 5.41) is 6.01. The number of carbonyl (C=O) groups is 2. The van der Waals surface area contributed by atoms with Gasteiger partial charge in [0.15, 0.2) is 0 Å². The van der Waals surface area contributed by atoms with Crippen molar-refractivity contribution < 1.29 is 14.3 Å². The van der Waals surface area contributed by atoms with E-state index in [0.29, 0.717) is 22.7 Å². The Morgan fingerprint density at radius 1 is 1.19 bits per heavy atom. The molecule has 8 heteroatoms. The van der Waals surface area contributed by atoms with E-state index in [-0.39, 0.29) is 34.9 Å². The Morgan fingerprint density at radius 3 is 2.52 bits per heavy atom. The first-order valence-corrected chi connectivity index (χ1v) is 8.62. The van der Waals surface area contributed by atoms with E-state index in [2.05, 4.69) is 10.6 Å². The van der Waals surface area contributed by atoms with Gasteiger partial charge in [-0.1, -0.05) is 17.7 Å². The Kier molecular flexibility index (Phi) is 6.57. The summed E-state index contributed by atoms with van der Waals surface area (Å²) in [6, 6.07) is 8.43. The van der Waals surface area contributed by atoms with E-state index in [0.717, 1.165) is 18.4 Å². The molecule has 4 N–H and O–H groups in total. The van der Waals surface area contributed by atoms with Gasteiger partial charge in [0.05, 0.1) is 23.4 Å². The van der Waals surface area contributed by atoms with Gasteiger partial charge < -0.3 is 21.1 Å². The highest BCUT2D eigenvalue weighted by Gasteiger charge is 2.24. The number of hydrogen-bond acceptors (Lipinski definition) is 4. The third-order valence-corrected chi connectivity index (χ3v) is 4.55. The van der Waals surface area contributed by atoms with Crippen molar-refractivity contribution in [3.8, 4) is 5.75 Å². The van der Waals surface area contributed by atoms with E-state index in [1.165, 1.54) is 19.2 Å². The molecule has 144 valence electrons. The van der Waals surface area contributed by atoms with Crippen LogP contribution in [0, 0.1) is 6.92 Å². The molecule has 0 saturated heterocycles. The van der Waals surface area contributed by atoms with Crippen molar-refractivity contribution in [3.63, 3.8) is 0 Å². The lowest BCUT2D eigenvalue weighted by molar-refractivity contribution is 0.0949. The summed E-state index contributed by atoms with van der Waals surface area (Å²) in [5.41, 5.74) is 8.23. The SMILES string of the molecule is COc1cc(N)c(Cl)cc1C(=O)Nc1cc(C(=O)NC2CC2)ccc1C.Cl. The van der Waals surface area contributed by atoms with Crippen molar-refractivity contribution in [1.82, 2.24) is 5.32 Å². The number of halogens is 2. The number of anilines is 2. The number of nitrogen functional groups attached to an aromatic ring is 1. The molecule has 0 aromatic heterocycles. The topological polar surface area (TPSA) is 93.4 Å². The van der Waals surface area contributed by atoms with Crippen LogP contribution in [0.3, 0.4) is 0 Å². The molecular weight excluding hydrogens is 389 g/mol. The molecule has 27 heavy (non-hydrogen) atoms. The van der Waals surface area contributed by atoms with Gasteiger partial charge in [0.2, 0.25) is 0 Å². The maximum atomic E-state index is 12.7. The van der Waals surface area contributed by atoms with E-state index < -0.39 is 5.91 Å². The molecular formula is C19H21Cl2N3O3. The van der Waals surface area contributed by atoms with Gasteiger partial charge in [0.1, 0.15) is 5.75 Å². The van der Waals surface area contributed by atoms with Gasteiger partial charge in [-0.05, 0) is 43.5 Å². The molecule has 0 heterocycles. The zero-order valence-electron chi connectivity index (χ0n) is 15.0. The smallest absolute Gasteiger partial charge is 0.259 e. The summed E-state index contributed by atoms with van der Waals surface area (Å²) < 4.78 is 5.22. The van der Waals surface area contributed by atoms with Crippen LogP contribution in [-0.2, 0) is 0 Å². The first kappa shape index (κ1) is 20.9. The molecule has 0 spiro atoms. The van der Waals surface area contributed by atoms with Gasteiger partial charge in [-0.25, -0.2) is 0 Å². The highest BCUT2D eigenvalue weighted by Crippen LogP contribution is 2.30. The molecule has 1 aliphatic carbocycles. The number of aryl methyl sites for hydroxylation is 1. The zero-order chi connectivity index (χ0) is 18.8. The quantitative estimate of drug-likeness (QED) is 0.654. The molecule has 1 saturated carbocycles. The van der Waals surface area contributed by atoms with Crippen LogP contribution in [0.15, 0.2) is 30.3 Å². The van der Waals surface area contributed by atoms with Crippen molar-refractivity contribution in [1.29, 1.82) is 0 Å². The highest BCUT2D eigenvalue weighted by atomic mass is 35.5. The number of rotatable bonds is 5. The molecule has 2 aromatic rings. The molecule has 2 aromatic carbocycles. The van der Waals surface area contributed by atoms with Crippen LogP contribution in [0.25, 0.3) is 0 Å². The lowest BCUT2D eigenvalue weighted by Gasteiger charge is -2.13. The average Bonchev–Trinajstić information content (AvgIpc) is 3.42. The maximum Gasteiger partial charge on any atom is 0.259 e. The van der Waals surface area contributed by atoms with Crippen molar-refractivity contribution in [2.75, 3.05) is 18.2 Å². The molecule has 1 aliphatic rings. The van der Waals surface area contributed by atoms with Crippen LogP contribution in [-0.4, -0.2) is 25.0 Å². The van der Waals surface area contributed by atoms with Gasteiger partial charge in [-0.15, -0.1) is 12.4 Å². The van der Waals surface area contributed by atoms with Gasteiger partial charge in [-0.3, -0.25) is 9.59 Å². The fraction of sp³-hybridized carbons (Fsp3) is 0.263. The molecule has 1 fully saturated rings. The van der Waals surface area contributed by atoms with Crippen LogP contribution < -0.4 is 21.1 Å². The van der Waals surface area contributed by atoms with Crippen molar-refractivity contribution >= 4 is 47.2 Å². The standard InChI is InChI=1S/C19H20ClN3O3.ClH/c1-10-3-4-11(18(24)22-12-5-6-12)7-16(10)23-19(25)13-8-14(20)15(21)9-17(13)26-2;/h3-4,7-9,12H,5-6,21H2,1-2H3,(H,22,24)(H,23,25);1H. The third kappa shape index (κ3) is 4.84. The van der Waals surface area contributed by atoms with Crippen LogP contribution in [0.5, 0.6) is 5.75 Å². The Hall–Kier alpha value is -2.44. The van der Waals surface area contributed by atoms with Gasteiger partial charge >= 0.3 is 0 Å². The Bertz CT molecular complexity index is 883. The fourth-order valence-corrected chi connectivity index (χ4v) is 2.66. The monoisotopic (exact) mass is 409 g/mol. The molecule has 0 aliphatic heterocycles. The molecule has 2 amide bonds. The number of carbonyl (C=O) groups excluding carboxylic acids is 2. The van der Waals surface area contributed by atoms with Crippen LogP contribution in [0.1, 0.15) is 39.1 Å². The summed E-state index contributed by atoms with van der Waals surface area (Å²) in [5.74, 6) is -0.215. The number of amides is 2. The van der Waals surface area contributed by atoms with E-state index in [1.54, 1.807) is 18.2 Å². The lowest BCUT2D eigenvalue weighted by Crippen LogP contribution is -2.25. The third-order valence-electron chi connectivity index (χ3n) is 4.22. The zero-order valence-corrected chi connectivity index (χ0v) is 16.5. The second kappa shape index (κ2) is 8.50. The number of nitrogens with two attached hydrogens (primary N) is 1. The summed E-state index contributed by atoms with van der Waals surface area (Å²) in [7, 11) is 1.45. The van der Waals surface area contributed by atoms with Gasteiger partial charge in [-0.2, -0.15) is 0 Å². The van der Waals surface area contributed by atoms with Gasteiger partial charge in [0, 0.05) is 23.4 Å². The lowest BCUT2D eigenvalue weighted by atomic mass is 10.1. The molecule has 6 nitrogen and oxygen atoms in total. The van der Waals surface area contributed by atoms with E-state index >= 15 is 0 Å². The van der Waals surface area contributed by atoms with Crippen molar-refractivity contribution in [2.45, 2.75) is 25.8 Å².